The van der Waals surface area contributed by atoms with Crippen LogP contribution in [-0.2, 0) is 0 Å². The first-order valence-corrected chi connectivity index (χ1v) is 6.19. The third-order valence-electron chi connectivity index (χ3n) is 1.36. The molecule has 0 aromatic carbocycles. The van der Waals surface area contributed by atoms with Gasteiger partial charge in [0, 0.05) is 6.08 Å². The highest BCUT2D eigenvalue weighted by Crippen LogP contribution is 2.32. The summed E-state index contributed by atoms with van der Waals surface area (Å²) in [7, 11) is 3.36. The standard InChI is InChI=1S/C8H10N2S2/c1-3-7-4-5-9-6-10-8(7)12-11-2/h4,6H,3H2,1-2H3. The van der Waals surface area contributed by atoms with Crippen molar-refractivity contribution in [3.05, 3.63) is 16.7 Å². The summed E-state index contributed by atoms with van der Waals surface area (Å²) in [5.41, 5.74) is 1.20. The first-order valence-electron chi connectivity index (χ1n) is 3.63. The van der Waals surface area contributed by atoms with E-state index in [0.29, 0.717) is 0 Å². The van der Waals surface area contributed by atoms with Crippen molar-refractivity contribution in [1.29, 1.82) is 0 Å². The van der Waals surface area contributed by atoms with Gasteiger partial charge >= 0.3 is 0 Å². The van der Waals surface area contributed by atoms with Crippen LogP contribution in [0.5, 0.6) is 0 Å². The lowest BCUT2D eigenvalue weighted by atomic mass is 10.2. The summed E-state index contributed by atoms with van der Waals surface area (Å²) in [6.07, 6.45) is 6.45. The molecule has 0 saturated heterocycles. The molecule has 0 N–H and O–H groups in total. The maximum Gasteiger partial charge on any atom is 0.126 e. The SMILES string of the molecule is CCC1=C(SSC)N=CN=C=C1. The Kier molecular flexibility index (Phi) is 4.22. The van der Waals surface area contributed by atoms with Crippen molar-refractivity contribution in [2.75, 3.05) is 6.26 Å². The number of hydrogen-bond donors (Lipinski definition) is 0. The molecule has 1 aliphatic rings. The molecule has 1 heterocycles. The summed E-state index contributed by atoms with van der Waals surface area (Å²) in [4.78, 5) is 8.04. The van der Waals surface area contributed by atoms with Gasteiger partial charge in [0.15, 0.2) is 0 Å². The molecule has 0 spiro atoms. The average molecular weight is 198 g/mol. The summed E-state index contributed by atoms with van der Waals surface area (Å²) < 4.78 is 0. The Morgan fingerprint density at radius 3 is 3.08 bits per heavy atom. The number of allylic oxidation sites excluding steroid dienone is 2. The molecule has 0 unspecified atom stereocenters. The van der Waals surface area contributed by atoms with Gasteiger partial charge in [0.2, 0.25) is 0 Å². The Morgan fingerprint density at radius 1 is 1.58 bits per heavy atom. The van der Waals surface area contributed by atoms with Crippen LogP contribution in [0.4, 0.5) is 0 Å². The fraction of sp³-hybridized carbons (Fsp3) is 0.375. The normalized spacial score (nSPS) is 15.5. The monoisotopic (exact) mass is 198 g/mol. The highest BCUT2D eigenvalue weighted by atomic mass is 33.1. The average Bonchev–Trinajstić information content (AvgIpc) is 2.30. The number of rotatable bonds is 3. The minimum atomic E-state index is 0.975. The van der Waals surface area contributed by atoms with Gasteiger partial charge in [-0.3, -0.25) is 0 Å². The predicted octanol–water partition coefficient (Wildman–Crippen LogP) is 2.89. The molecule has 12 heavy (non-hydrogen) atoms. The number of nitrogens with zero attached hydrogens (tertiary/aromatic N) is 2. The molecule has 0 aromatic rings. The van der Waals surface area contributed by atoms with Crippen molar-refractivity contribution >= 4 is 33.8 Å². The first kappa shape index (κ1) is 9.65. The number of hydrogen-bond acceptors (Lipinski definition) is 4. The van der Waals surface area contributed by atoms with E-state index in [-0.39, 0.29) is 0 Å². The van der Waals surface area contributed by atoms with Crippen LogP contribution in [0.15, 0.2) is 26.7 Å². The third kappa shape index (κ3) is 2.55. The van der Waals surface area contributed by atoms with Crippen molar-refractivity contribution < 1.29 is 0 Å². The fourth-order valence-corrected chi connectivity index (χ4v) is 2.26. The van der Waals surface area contributed by atoms with Gasteiger partial charge in [-0.05, 0) is 34.9 Å². The van der Waals surface area contributed by atoms with E-state index < -0.39 is 0 Å². The molecule has 0 saturated carbocycles. The molecule has 0 aromatic heterocycles. The van der Waals surface area contributed by atoms with Crippen molar-refractivity contribution in [3.63, 3.8) is 0 Å². The smallest absolute Gasteiger partial charge is 0.126 e. The maximum absolute atomic E-state index is 4.20. The second kappa shape index (κ2) is 5.25. The van der Waals surface area contributed by atoms with E-state index in [1.165, 1.54) is 11.9 Å². The largest absolute Gasteiger partial charge is 0.228 e. The molecule has 1 rings (SSSR count). The molecular weight excluding hydrogens is 188 g/mol. The lowest BCUT2D eigenvalue weighted by Crippen LogP contribution is -1.79. The molecule has 1 aliphatic heterocycles. The summed E-state index contributed by atoms with van der Waals surface area (Å²) in [6.45, 7) is 2.11. The van der Waals surface area contributed by atoms with Crippen LogP contribution in [0.2, 0.25) is 0 Å². The van der Waals surface area contributed by atoms with Crippen LogP contribution in [0, 0.1) is 0 Å². The maximum atomic E-state index is 4.20. The van der Waals surface area contributed by atoms with E-state index in [9.17, 15) is 0 Å². The highest BCUT2D eigenvalue weighted by molar-refractivity contribution is 8.77. The molecule has 0 amide bonds. The van der Waals surface area contributed by atoms with E-state index in [4.69, 9.17) is 0 Å². The van der Waals surface area contributed by atoms with Gasteiger partial charge in [-0.1, -0.05) is 17.7 Å². The van der Waals surface area contributed by atoms with Crippen LogP contribution in [0.3, 0.4) is 0 Å². The Balaban J connectivity index is 2.89. The first-order chi connectivity index (χ1) is 5.88. The van der Waals surface area contributed by atoms with Crippen LogP contribution in [0.25, 0.3) is 0 Å². The Morgan fingerprint density at radius 2 is 2.42 bits per heavy atom. The Bertz CT molecular complexity index is 273. The van der Waals surface area contributed by atoms with E-state index in [2.05, 4.69) is 22.8 Å². The Labute approximate surface area is 80.3 Å². The van der Waals surface area contributed by atoms with Crippen molar-refractivity contribution in [1.82, 2.24) is 0 Å². The lowest BCUT2D eigenvalue weighted by molar-refractivity contribution is 1.13. The van der Waals surface area contributed by atoms with E-state index in [0.717, 1.165) is 11.4 Å². The van der Waals surface area contributed by atoms with Gasteiger partial charge in [-0.2, -0.15) is 4.99 Å². The summed E-state index contributed by atoms with van der Waals surface area (Å²) in [6, 6.07) is 0. The minimum Gasteiger partial charge on any atom is -0.228 e. The van der Waals surface area contributed by atoms with Gasteiger partial charge in [0.25, 0.3) is 0 Å². The van der Waals surface area contributed by atoms with E-state index >= 15 is 0 Å². The quantitative estimate of drug-likeness (QED) is 0.651. The van der Waals surface area contributed by atoms with Crippen molar-refractivity contribution in [3.8, 4) is 0 Å². The summed E-state index contributed by atoms with van der Waals surface area (Å²) >= 11 is 0. The van der Waals surface area contributed by atoms with Crippen LogP contribution in [0.1, 0.15) is 13.3 Å². The molecule has 0 aliphatic carbocycles. The molecule has 0 bridgehead atoms. The van der Waals surface area contributed by atoms with E-state index in [1.54, 1.807) is 21.6 Å². The third-order valence-corrected chi connectivity index (χ3v) is 3.03. The van der Waals surface area contributed by atoms with Crippen LogP contribution >= 0.6 is 21.6 Å². The lowest BCUT2D eigenvalue weighted by Gasteiger charge is -2.00. The van der Waals surface area contributed by atoms with Gasteiger partial charge in [0.05, 0.1) is 0 Å². The van der Waals surface area contributed by atoms with Gasteiger partial charge in [0.1, 0.15) is 11.4 Å². The van der Waals surface area contributed by atoms with Crippen molar-refractivity contribution in [2.24, 2.45) is 9.98 Å². The van der Waals surface area contributed by atoms with Crippen molar-refractivity contribution in [2.45, 2.75) is 13.3 Å². The second-order valence-electron chi connectivity index (χ2n) is 2.08. The topological polar surface area (TPSA) is 24.7 Å². The van der Waals surface area contributed by atoms with Gasteiger partial charge < -0.3 is 0 Å². The van der Waals surface area contributed by atoms with Gasteiger partial charge in [-0.25, -0.2) is 4.99 Å². The highest BCUT2D eigenvalue weighted by Gasteiger charge is 2.02. The Hall–Kier alpha value is -0.440. The second-order valence-corrected chi connectivity index (χ2v) is 4.47. The molecule has 0 atom stereocenters. The predicted molar refractivity (Wildman–Crippen MR) is 58.9 cm³/mol. The summed E-state index contributed by atoms with van der Waals surface area (Å²) in [5, 5.41) is 1.04. The fourth-order valence-electron chi connectivity index (χ4n) is 0.782. The van der Waals surface area contributed by atoms with E-state index in [1.807, 2.05) is 12.3 Å². The summed E-state index contributed by atoms with van der Waals surface area (Å²) in [5.74, 6) is 2.81. The zero-order valence-corrected chi connectivity index (χ0v) is 8.71. The molecule has 2 nitrogen and oxygen atoms in total. The van der Waals surface area contributed by atoms with Crippen LogP contribution in [-0.4, -0.2) is 18.5 Å². The number of aliphatic imine (C=N–C) groups is 2. The molecular formula is C8H10N2S2. The molecule has 64 valence electrons. The zero-order valence-electron chi connectivity index (χ0n) is 7.07. The van der Waals surface area contributed by atoms with Gasteiger partial charge in [-0.15, -0.1) is 0 Å². The van der Waals surface area contributed by atoms with Crippen LogP contribution < -0.4 is 0 Å². The zero-order chi connectivity index (χ0) is 8.81. The minimum absolute atomic E-state index is 0.975. The molecule has 4 heteroatoms. The molecule has 0 fully saturated rings. The molecule has 0 radical (unpaired) electrons.